The van der Waals surface area contributed by atoms with E-state index in [0.29, 0.717) is 5.49 Å². The van der Waals surface area contributed by atoms with Gasteiger partial charge >= 0.3 is 0 Å². The van der Waals surface area contributed by atoms with Crippen molar-refractivity contribution in [3.05, 3.63) is 64.1 Å². The molecular formula is C14H11N5O2. The van der Waals surface area contributed by atoms with Crippen molar-refractivity contribution in [1.82, 2.24) is 10.2 Å². The van der Waals surface area contributed by atoms with Crippen LogP contribution in [0, 0.1) is 10.1 Å². The molecule has 0 atom stereocenters. The van der Waals surface area contributed by atoms with E-state index in [2.05, 4.69) is 15.2 Å². The maximum absolute atomic E-state index is 11.1. The second kappa shape index (κ2) is 5.12. The van der Waals surface area contributed by atoms with Gasteiger partial charge in [0.05, 0.1) is 21.6 Å². The Morgan fingerprint density at radius 1 is 1.19 bits per heavy atom. The summed E-state index contributed by atoms with van der Waals surface area (Å²) in [4.78, 5) is 16.3. The van der Waals surface area contributed by atoms with Crippen LogP contribution >= 0.6 is 0 Å². The largest absolute Gasteiger partial charge is 0.350 e. The van der Waals surface area contributed by atoms with Gasteiger partial charge in [-0.3, -0.25) is 10.1 Å². The molecule has 3 rings (SSSR count). The van der Waals surface area contributed by atoms with Crippen LogP contribution in [0.15, 0.2) is 53.5 Å². The van der Waals surface area contributed by atoms with Crippen molar-refractivity contribution in [3.63, 3.8) is 0 Å². The van der Waals surface area contributed by atoms with Crippen LogP contribution < -0.4 is 15.4 Å². The molecule has 7 heteroatoms. The van der Waals surface area contributed by atoms with E-state index in [1.807, 2.05) is 24.3 Å². The second-order valence-electron chi connectivity index (χ2n) is 4.39. The predicted molar refractivity (Wildman–Crippen MR) is 74.6 cm³/mol. The Labute approximate surface area is 119 Å². The monoisotopic (exact) mass is 281 g/mol. The number of rotatable bonds is 2. The fourth-order valence-corrected chi connectivity index (χ4v) is 2.03. The molecule has 3 aromatic rings. The quantitative estimate of drug-likeness (QED) is 0.400. The average Bonchev–Trinajstić information content (AvgIpc) is 2.47. The minimum atomic E-state index is -0.456. The summed E-state index contributed by atoms with van der Waals surface area (Å²) in [5, 5.41) is 20.3. The first kappa shape index (κ1) is 12.9. The first-order chi connectivity index (χ1) is 10.1. The molecule has 1 heterocycles. The molecule has 0 N–H and O–H groups in total. The summed E-state index contributed by atoms with van der Waals surface area (Å²) in [6.07, 6.45) is 0. The van der Waals surface area contributed by atoms with Gasteiger partial charge in [-0.05, 0) is 12.1 Å². The van der Waals surface area contributed by atoms with Crippen molar-refractivity contribution in [3.8, 4) is 0 Å². The summed E-state index contributed by atoms with van der Waals surface area (Å²) in [5.41, 5.74) is 1.35. The smallest absolute Gasteiger partial charge is 0.279 e. The summed E-state index contributed by atoms with van der Waals surface area (Å²) in [7, 11) is 1.69. The number of nitrogens with zero attached hydrogens (tertiary/aromatic N) is 5. The highest BCUT2D eigenvalue weighted by Gasteiger charge is 2.08. The normalized spacial score (nSPS) is 11.8. The molecule has 7 nitrogen and oxygen atoms in total. The van der Waals surface area contributed by atoms with Crippen molar-refractivity contribution in [2.24, 2.45) is 12.0 Å². The third kappa shape index (κ3) is 2.48. The number of nitro groups is 1. The van der Waals surface area contributed by atoms with Gasteiger partial charge in [0.15, 0.2) is 7.05 Å². The first-order valence-corrected chi connectivity index (χ1v) is 6.24. The van der Waals surface area contributed by atoms with Crippen LogP contribution in [-0.4, -0.2) is 10.0 Å². The molecule has 1 aromatic heterocycles. The van der Waals surface area contributed by atoms with E-state index in [9.17, 15) is 10.1 Å². The van der Waals surface area contributed by atoms with Gasteiger partial charge in [0, 0.05) is 11.5 Å². The van der Waals surface area contributed by atoms with Crippen LogP contribution in [0.1, 0.15) is 0 Å². The first-order valence-electron chi connectivity index (χ1n) is 6.24. The van der Waals surface area contributed by atoms with Crippen LogP contribution in [0.25, 0.3) is 10.9 Å². The highest BCUT2D eigenvalue weighted by molar-refractivity contribution is 5.76. The summed E-state index contributed by atoms with van der Waals surface area (Å²) >= 11 is 0. The van der Waals surface area contributed by atoms with E-state index < -0.39 is 4.92 Å². The zero-order valence-corrected chi connectivity index (χ0v) is 11.2. The minimum Gasteiger partial charge on any atom is -0.350 e. The van der Waals surface area contributed by atoms with E-state index >= 15 is 0 Å². The SMILES string of the molecule is C[n+]1nc2ccccc2c(=Nc2ccccc2[N+](=O)[O-])[n-]1. The lowest BCUT2D eigenvalue weighted by Gasteiger charge is -2.03. The lowest BCUT2D eigenvalue weighted by atomic mass is 10.2. The van der Waals surface area contributed by atoms with Gasteiger partial charge in [-0.25, -0.2) is 0 Å². The molecule has 0 bridgehead atoms. The van der Waals surface area contributed by atoms with Gasteiger partial charge in [-0.2, -0.15) is 0 Å². The molecule has 0 saturated heterocycles. The summed E-state index contributed by atoms with van der Waals surface area (Å²) < 4.78 is 0. The Bertz CT molecular complexity index is 901. The van der Waals surface area contributed by atoms with Crippen LogP contribution in [0.3, 0.4) is 0 Å². The van der Waals surface area contributed by atoms with Gasteiger partial charge in [0.2, 0.25) is 0 Å². The number of aromatic nitrogens is 3. The molecule has 0 unspecified atom stereocenters. The number of nitro benzene ring substituents is 1. The molecule has 0 amide bonds. The number of hydrogen-bond acceptors (Lipinski definition) is 4. The number of para-hydroxylation sites is 2. The summed E-state index contributed by atoms with van der Waals surface area (Å²) in [6, 6.07) is 13.7. The molecule has 0 aliphatic rings. The van der Waals surface area contributed by atoms with Crippen LogP contribution in [0.2, 0.25) is 0 Å². The van der Waals surface area contributed by atoms with E-state index in [0.717, 1.165) is 10.9 Å². The maximum atomic E-state index is 11.1. The van der Waals surface area contributed by atoms with E-state index in [-0.39, 0.29) is 11.4 Å². The standard InChI is InChI=1S/C14H11N5O2/c1-18-16-11-7-3-2-6-10(11)14(17-18)15-12-8-4-5-9-13(12)19(20)21/h2-9H,1H3. The minimum absolute atomic E-state index is 0.0529. The third-order valence-corrected chi connectivity index (χ3v) is 2.94. The van der Waals surface area contributed by atoms with Gasteiger partial charge in [0.1, 0.15) is 0 Å². The van der Waals surface area contributed by atoms with Crippen molar-refractivity contribution in [1.29, 1.82) is 0 Å². The third-order valence-electron chi connectivity index (χ3n) is 2.94. The van der Waals surface area contributed by atoms with Gasteiger partial charge < -0.3 is 4.99 Å². The average molecular weight is 281 g/mol. The predicted octanol–water partition coefficient (Wildman–Crippen LogP) is 1.16. The van der Waals surface area contributed by atoms with Gasteiger partial charge in [-0.15, -0.1) is 10.2 Å². The molecule has 0 spiro atoms. The summed E-state index contributed by atoms with van der Waals surface area (Å²) in [6.45, 7) is 0. The van der Waals surface area contributed by atoms with Crippen molar-refractivity contribution in [2.75, 3.05) is 0 Å². The highest BCUT2D eigenvalue weighted by atomic mass is 16.6. The molecule has 0 saturated carbocycles. The number of hydrogen-bond donors (Lipinski definition) is 0. The number of aryl methyl sites for hydroxylation is 1. The molecule has 0 aliphatic heterocycles. The van der Waals surface area contributed by atoms with Crippen molar-refractivity contribution < 1.29 is 9.72 Å². The molecular weight excluding hydrogens is 270 g/mol. The zero-order valence-electron chi connectivity index (χ0n) is 11.2. The molecule has 2 aromatic carbocycles. The molecule has 104 valence electrons. The fourth-order valence-electron chi connectivity index (χ4n) is 2.03. The maximum Gasteiger partial charge on any atom is 0.279 e. The fraction of sp³-hybridized carbons (Fsp3) is 0.0714. The Hall–Kier alpha value is -3.09. The Morgan fingerprint density at radius 2 is 1.90 bits per heavy atom. The van der Waals surface area contributed by atoms with Gasteiger partial charge in [-0.1, -0.05) is 35.1 Å². The lowest BCUT2D eigenvalue weighted by molar-refractivity contribution is -0.790. The lowest BCUT2D eigenvalue weighted by Crippen LogP contribution is -2.45. The molecule has 0 fully saturated rings. The van der Waals surface area contributed by atoms with E-state index in [1.165, 1.54) is 10.9 Å². The Balaban J connectivity index is 2.33. The molecule has 21 heavy (non-hydrogen) atoms. The zero-order chi connectivity index (χ0) is 14.8. The van der Waals surface area contributed by atoms with Crippen LogP contribution in [0.4, 0.5) is 11.4 Å². The Kier molecular flexibility index (Phi) is 3.15. The van der Waals surface area contributed by atoms with Crippen molar-refractivity contribution in [2.45, 2.75) is 0 Å². The van der Waals surface area contributed by atoms with Crippen LogP contribution in [-0.2, 0) is 7.05 Å². The molecule has 0 aliphatic carbocycles. The topological polar surface area (TPSA) is 86.4 Å². The second-order valence-corrected chi connectivity index (χ2v) is 4.39. The summed E-state index contributed by atoms with van der Waals surface area (Å²) in [5.74, 6) is 0. The van der Waals surface area contributed by atoms with Crippen molar-refractivity contribution >= 4 is 22.3 Å². The van der Waals surface area contributed by atoms with E-state index in [4.69, 9.17) is 0 Å². The molecule has 0 radical (unpaired) electrons. The number of benzene rings is 2. The van der Waals surface area contributed by atoms with Gasteiger partial charge in [0.25, 0.3) is 5.69 Å². The van der Waals surface area contributed by atoms with Crippen LogP contribution in [0.5, 0.6) is 0 Å². The Morgan fingerprint density at radius 3 is 2.71 bits per heavy atom. The number of fused-ring (bicyclic) bond motifs is 1. The highest BCUT2D eigenvalue weighted by Crippen LogP contribution is 2.25. The van der Waals surface area contributed by atoms with E-state index in [1.54, 1.807) is 25.2 Å².